The first kappa shape index (κ1) is 19.4. The predicted molar refractivity (Wildman–Crippen MR) is 91.1 cm³/mol. The van der Waals surface area contributed by atoms with Gasteiger partial charge in [-0.15, -0.1) is 0 Å². The number of ether oxygens (including phenoxy) is 2. The third-order valence-electron chi connectivity index (χ3n) is 4.23. The second-order valence-electron chi connectivity index (χ2n) is 6.17. The summed E-state index contributed by atoms with van der Waals surface area (Å²) in [6.45, 7) is 12.0. The van der Waals surface area contributed by atoms with Gasteiger partial charge in [0.2, 0.25) is 5.91 Å². The highest BCUT2D eigenvalue weighted by Crippen LogP contribution is 2.06. The highest BCUT2D eigenvalue weighted by Gasteiger charge is 2.21. The van der Waals surface area contributed by atoms with Crippen molar-refractivity contribution in [2.24, 2.45) is 5.92 Å². The van der Waals surface area contributed by atoms with Gasteiger partial charge in [-0.3, -0.25) is 9.69 Å². The van der Waals surface area contributed by atoms with Crippen molar-refractivity contribution in [3.8, 4) is 0 Å². The number of nitrogens with one attached hydrogen (secondary N) is 1. The van der Waals surface area contributed by atoms with Crippen LogP contribution in [0.5, 0.6) is 0 Å². The van der Waals surface area contributed by atoms with E-state index in [0.717, 1.165) is 52.3 Å². The van der Waals surface area contributed by atoms with Crippen LogP contribution in [0.1, 0.15) is 47.9 Å². The molecule has 1 heterocycles. The molecule has 1 saturated heterocycles. The zero-order chi connectivity index (χ0) is 16.2. The number of nitrogens with zero attached hydrogens (tertiary/aromatic N) is 1. The van der Waals surface area contributed by atoms with E-state index in [2.05, 4.69) is 17.1 Å². The van der Waals surface area contributed by atoms with Crippen molar-refractivity contribution in [2.45, 2.75) is 52.6 Å². The summed E-state index contributed by atoms with van der Waals surface area (Å²) in [6.07, 6.45) is 4.61. The van der Waals surface area contributed by atoms with Gasteiger partial charge in [-0.25, -0.2) is 0 Å². The van der Waals surface area contributed by atoms with Crippen molar-refractivity contribution >= 4 is 5.91 Å². The lowest BCUT2D eigenvalue weighted by Crippen LogP contribution is -2.48. The molecule has 5 nitrogen and oxygen atoms in total. The maximum Gasteiger partial charge on any atom is 0.222 e. The molecule has 0 aromatic carbocycles. The third kappa shape index (κ3) is 8.11. The molecule has 1 aliphatic heterocycles. The molecule has 0 aromatic rings. The Morgan fingerprint density at radius 3 is 2.95 bits per heavy atom. The molecule has 1 aliphatic rings. The first-order valence-electron chi connectivity index (χ1n) is 8.86. The number of carbonyl (C=O) groups excluding carboxylic acids is 1. The SMILES string of the molecule is CCCCCOCCN1CCO[C@H](CNC(=O)C(C)CC)C1.[HH]. The van der Waals surface area contributed by atoms with Crippen LogP contribution in [-0.2, 0) is 14.3 Å². The molecule has 0 saturated carbocycles. The zero-order valence-corrected chi connectivity index (χ0v) is 14.6. The summed E-state index contributed by atoms with van der Waals surface area (Å²) in [4.78, 5) is 14.2. The van der Waals surface area contributed by atoms with Gasteiger partial charge >= 0.3 is 0 Å². The van der Waals surface area contributed by atoms with Gasteiger partial charge in [-0.05, 0) is 12.8 Å². The minimum Gasteiger partial charge on any atom is -0.380 e. The maximum atomic E-state index is 11.8. The fourth-order valence-corrected chi connectivity index (χ4v) is 2.43. The van der Waals surface area contributed by atoms with Gasteiger partial charge in [0.25, 0.3) is 0 Å². The number of amides is 1. The van der Waals surface area contributed by atoms with Gasteiger partial charge in [0, 0.05) is 40.1 Å². The van der Waals surface area contributed by atoms with E-state index in [1.165, 1.54) is 12.8 Å². The largest absolute Gasteiger partial charge is 0.380 e. The monoisotopic (exact) mass is 316 g/mol. The van der Waals surface area contributed by atoms with Gasteiger partial charge in [0.05, 0.1) is 19.3 Å². The van der Waals surface area contributed by atoms with Crippen LogP contribution < -0.4 is 5.32 Å². The number of unbranched alkanes of at least 4 members (excludes halogenated alkanes) is 2. The molecular formula is C17H36N2O3. The fourth-order valence-electron chi connectivity index (χ4n) is 2.43. The Morgan fingerprint density at radius 2 is 2.23 bits per heavy atom. The van der Waals surface area contributed by atoms with E-state index in [1.54, 1.807) is 0 Å². The van der Waals surface area contributed by atoms with Crippen LogP contribution in [-0.4, -0.2) is 62.9 Å². The number of morpholine rings is 1. The first-order valence-corrected chi connectivity index (χ1v) is 8.86. The number of rotatable bonds is 11. The van der Waals surface area contributed by atoms with Crippen LogP contribution in [0.15, 0.2) is 0 Å². The molecule has 1 rings (SSSR count). The first-order chi connectivity index (χ1) is 10.7. The van der Waals surface area contributed by atoms with Crippen LogP contribution in [0.4, 0.5) is 0 Å². The van der Waals surface area contributed by atoms with Crippen molar-refractivity contribution in [1.29, 1.82) is 0 Å². The third-order valence-corrected chi connectivity index (χ3v) is 4.23. The highest BCUT2D eigenvalue weighted by molar-refractivity contribution is 5.78. The lowest BCUT2D eigenvalue weighted by Gasteiger charge is -2.33. The summed E-state index contributed by atoms with van der Waals surface area (Å²) in [5.74, 6) is 0.207. The van der Waals surface area contributed by atoms with E-state index < -0.39 is 0 Å². The van der Waals surface area contributed by atoms with Crippen molar-refractivity contribution in [2.75, 3.05) is 46.0 Å². The molecule has 0 radical (unpaired) electrons. The van der Waals surface area contributed by atoms with Gasteiger partial charge in [-0.1, -0.05) is 33.6 Å². The Morgan fingerprint density at radius 1 is 1.41 bits per heavy atom. The van der Waals surface area contributed by atoms with E-state index in [0.29, 0.717) is 6.54 Å². The minimum atomic E-state index is 0. The molecule has 0 aliphatic carbocycles. The Balaban J connectivity index is 0.00000484. The summed E-state index contributed by atoms with van der Waals surface area (Å²) in [5, 5.41) is 2.99. The van der Waals surface area contributed by atoms with E-state index in [9.17, 15) is 4.79 Å². The quantitative estimate of drug-likeness (QED) is 0.594. The molecule has 1 unspecified atom stereocenters. The number of hydrogen-bond donors (Lipinski definition) is 1. The highest BCUT2D eigenvalue weighted by atomic mass is 16.5. The predicted octanol–water partition coefficient (Wildman–Crippen LogP) is 2.30. The maximum absolute atomic E-state index is 11.8. The lowest BCUT2D eigenvalue weighted by molar-refractivity contribution is -0.125. The second-order valence-corrected chi connectivity index (χ2v) is 6.17. The fraction of sp³-hybridized carbons (Fsp3) is 0.941. The van der Waals surface area contributed by atoms with Crippen molar-refractivity contribution in [3.05, 3.63) is 0 Å². The van der Waals surface area contributed by atoms with Gasteiger partial charge < -0.3 is 14.8 Å². The van der Waals surface area contributed by atoms with Crippen molar-refractivity contribution < 1.29 is 15.7 Å². The molecule has 5 heteroatoms. The Kier molecular flexibility index (Phi) is 10.5. The molecule has 1 amide bonds. The lowest BCUT2D eigenvalue weighted by atomic mass is 10.1. The van der Waals surface area contributed by atoms with Crippen LogP contribution >= 0.6 is 0 Å². The summed E-state index contributed by atoms with van der Waals surface area (Å²) < 4.78 is 11.4. The smallest absolute Gasteiger partial charge is 0.222 e. The number of carbonyl (C=O) groups is 1. The Hall–Kier alpha value is -0.650. The molecular weight excluding hydrogens is 280 g/mol. The van der Waals surface area contributed by atoms with E-state index in [4.69, 9.17) is 9.47 Å². The number of hydrogen-bond acceptors (Lipinski definition) is 4. The van der Waals surface area contributed by atoms with E-state index >= 15 is 0 Å². The van der Waals surface area contributed by atoms with Crippen LogP contribution in [0, 0.1) is 5.92 Å². The van der Waals surface area contributed by atoms with Crippen LogP contribution in [0.25, 0.3) is 0 Å². The standard InChI is InChI=1S/C17H34N2O3.H2/c1-4-6-7-10-21-11-8-19-9-12-22-16(14-19)13-18-17(20)15(3)5-2;/h15-16H,4-14H2,1-3H3,(H,18,20);1H/t15?,16-;/m1./s1. The summed E-state index contributed by atoms with van der Waals surface area (Å²) in [6, 6.07) is 0. The van der Waals surface area contributed by atoms with E-state index in [1.807, 2.05) is 13.8 Å². The molecule has 0 aromatic heterocycles. The van der Waals surface area contributed by atoms with Crippen LogP contribution in [0.2, 0.25) is 0 Å². The molecule has 1 fully saturated rings. The topological polar surface area (TPSA) is 50.8 Å². The van der Waals surface area contributed by atoms with Gasteiger partial charge in [0.1, 0.15) is 0 Å². The van der Waals surface area contributed by atoms with Crippen LogP contribution in [0.3, 0.4) is 0 Å². The molecule has 1 N–H and O–H groups in total. The average molecular weight is 316 g/mol. The van der Waals surface area contributed by atoms with Gasteiger partial charge in [0.15, 0.2) is 0 Å². The van der Waals surface area contributed by atoms with Gasteiger partial charge in [-0.2, -0.15) is 0 Å². The molecule has 0 bridgehead atoms. The average Bonchev–Trinajstić information content (AvgIpc) is 2.55. The normalized spacial score (nSPS) is 20.8. The Bertz CT molecular complexity index is 306. The summed E-state index contributed by atoms with van der Waals surface area (Å²) in [5.41, 5.74) is 0. The van der Waals surface area contributed by atoms with Crippen molar-refractivity contribution in [3.63, 3.8) is 0 Å². The summed E-state index contributed by atoms with van der Waals surface area (Å²) in [7, 11) is 0. The minimum absolute atomic E-state index is 0. The molecule has 132 valence electrons. The molecule has 22 heavy (non-hydrogen) atoms. The van der Waals surface area contributed by atoms with E-state index in [-0.39, 0.29) is 19.4 Å². The van der Waals surface area contributed by atoms with Crippen molar-refractivity contribution in [1.82, 2.24) is 10.2 Å². The molecule has 2 atom stereocenters. The zero-order valence-electron chi connectivity index (χ0n) is 14.6. The molecule has 0 spiro atoms. The Labute approximate surface area is 137 Å². The second kappa shape index (κ2) is 11.9. The summed E-state index contributed by atoms with van der Waals surface area (Å²) >= 11 is 0.